The van der Waals surface area contributed by atoms with Gasteiger partial charge in [0.05, 0.1) is 0 Å². The number of hydrogen-bond donors (Lipinski definition) is 0. The van der Waals surface area contributed by atoms with E-state index in [1.54, 1.807) is 0 Å². The first-order chi connectivity index (χ1) is 9.22. The summed E-state index contributed by atoms with van der Waals surface area (Å²) in [5.74, 6) is 2.13. The predicted octanol–water partition coefficient (Wildman–Crippen LogP) is 3.51. The Morgan fingerprint density at radius 3 is 2.79 bits per heavy atom. The standard InChI is InChI=1S/C16H25N3/c1-3-6-14-11-17-13(2)18-15(14)19-10-9-16(12-19)7-4-5-8-16/h11H,3-10,12H2,1-2H3. The minimum Gasteiger partial charge on any atom is -0.356 e. The van der Waals surface area contributed by atoms with Crippen molar-refractivity contribution in [3.05, 3.63) is 17.6 Å². The van der Waals surface area contributed by atoms with E-state index in [4.69, 9.17) is 4.98 Å². The average molecular weight is 259 g/mol. The Morgan fingerprint density at radius 2 is 2.05 bits per heavy atom. The molecule has 0 bridgehead atoms. The van der Waals surface area contributed by atoms with Crippen molar-refractivity contribution in [1.29, 1.82) is 0 Å². The van der Waals surface area contributed by atoms with Gasteiger partial charge in [0, 0.05) is 24.8 Å². The number of nitrogens with zero attached hydrogens (tertiary/aromatic N) is 3. The highest BCUT2D eigenvalue weighted by atomic mass is 15.2. The Kier molecular flexibility index (Phi) is 3.46. The molecular weight excluding hydrogens is 234 g/mol. The summed E-state index contributed by atoms with van der Waals surface area (Å²) < 4.78 is 0. The van der Waals surface area contributed by atoms with Crippen LogP contribution in [0.15, 0.2) is 6.20 Å². The molecule has 1 aliphatic heterocycles. The maximum atomic E-state index is 4.74. The van der Waals surface area contributed by atoms with Crippen LogP contribution < -0.4 is 4.90 Å². The molecule has 0 atom stereocenters. The van der Waals surface area contributed by atoms with Crippen LogP contribution in [-0.4, -0.2) is 23.1 Å². The lowest BCUT2D eigenvalue weighted by Gasteiger charge is -2.25. The highest BCUT2D eigenvalue weighted by Gasteiger charge is 2.40. The molecule has 0 aromatic carbocycles. The fraction of sp³-hybridized carbons (Fsp3) is 0.750. The van der Waals surface area contributed by atoms with Gasteiger partial charge in [-0.1, -0.05) is 26.2 Å². The molecule has 19 heavy (non-hydrogen) atoms. The molecule has 104 valence electrons. The van der Waals surface area contributed by atoms with Gasteiger partial charge >= 0.3 is 0 Å². The lowest BCUT2D eigenvalue weighted by atomic mass is 9.86. The number of hydrogen-bond acceptors (Lipinski definition) is 3. The molecule has 1 saturated heterocycles. The minimum atomic E-state index is 0.613. The Morgan fingerprint density at radius 1 is 1.26 bits per heavy atom. The molecule has 0 amide bonds. The van der Waals surface area contributed by atoms with E-state index >= 15 is 0 Å². The zero-order chi connectivity index (χ0) is 13.3. The Balaban J connectivity index is 1.84. The molecular formula is C16H25N3. The predicted molar refractivity (Wildman–Crippen MR) is 78.5 cm³/mol. The summed E-state index contributed by atoms with van der Waals surface area (Å²) in [4.78, 5) is 11.7. The lowest BCUT2D eigenvalue weighted by Crippen LogP contribution is -2.26. The monoisotopic (exact) mass is 259 g/mol. The van der Waals surface area contributed by atoms with Crippen molar-refractivity contribution in [3.8, 4) is 0 Å². The molecule has 3 nitrogen and oxygen atoms in total. The summed E-state index contributed by atoms with van der Waals surface area (Å²) >= 11 is 0. The molecule has 1 saturated carbocycles. The first-order valence-electron chi connectivity index (χ1n) is 7.80. The molecule has 2 aliphatic rings. The van der Waals surface area contributed by atoms with Crippen LogP contribution in [0.4, 0.5) is 5.82 Å². The number of rotatable bonds is 3. The molecule has 0 N–H and O–H groups in total. The number of aryl methyl sites for hydroxylation is 2. The highest BCUT2D eigenvalue weighted by molar-refractivity contribution is 5.47. The third-order valence-corrected chi connectivity index (χ3v) is 4.88. The highest BCUT2D eigenvalue weighted by Crippen LogP contribution is 2.46. The van der Waals surface area contributed by atoms with Crippen LogP contribution in [0.5, 0.6) is 0 Å². The van der Waals surface area contributed by atoms with E-state index in [-0.39, 0.29) is 0 Å². The average Bonchev–Trinajstić information content (AvgIpc) is 3.03. The van der Waals surface area contributed by atoms with Crippen LogP contribution >= 0.6 is 0 Å². The summed E-state index contributed by atoms with van der Waals surface area (Å²) in [5, 5.41) is 0. The van der Waals surface area contributed by atoms with Crippen molar-refractivity contribution in [2.24, 2.45) is 5.41 Å². The molecule has 2 heterocycles. The van der Waals surface area contributed by atoms with Crippen LogP contribution in [0.3, 0.4) is 0 Å². The van der Waals surface area contributed by atoms with Gasteiger partial charge in [0.1, 0.15) is 11.6 Å². The fourth-order valence-corrected chi connectivity index (χ4v) is 3.85. The molecule has 3 rings (SSSR count). The molecule has 3 heteroatoms. The Labute approximate surface area is 116 Å². The van der Waals surface area contributed by atoms with Gasteiger partial charge in [-0.2, -0.15) is 0 Å². The van der Waals surface area contributed by atoms with Gasteiger partial charge in [0.2, 0.25) is 0 Å². The maximum absolute atomic E-state index is 4.74. The lowest BCUT2D eigenvalue weighted by molar-refractivity contribution is 0.340. The Bertz CT molecular complexity index is 449. The van der Waals surface area contributed by atoms with Gasteiger partial charge in [-0.05, 0) is 38.0 Å². The van der Waals surface area contributed by atoms with E-state index < -0.39 is 0 Å². The molecule has 2 fully saturated rings. The van der Waals surface area contributed by atoms with E-state index in [1.165, 1.54) is 63.0 Å². The van der Waals surface area contributed by atoms with Gasteiger partial charge in [-0.3, -0.25) is 0 Å². The van der Waals surface area contributed by atoms with Crippen LogP contribution in [-0.2, 0) is 6.42 Å². The summed E-state index contributed by atoms with van der Waals surface area (Å²) in [6, 6.07) is 0. The topological polar surface area (TPSA) is 29.0 Å². The van der Waals surface area contributed by atoms with Gasteiger partial charge in [-0.25, -0.2) is 9.97 Å². The first kappa shape index (κ1) is 12.9. The van der Waals surface area contributed by atoms with Gasteiger partial charge < -0.3 is 4.90 Å². The zero-order valence-corrected chi connectivity index (χ0v) is 12.3. The fourth-order valence-electron chi connectivity index (χ4n) is 3.85. The molecule has 0 radical (unpaired) electrons. The van der Waals surface area contributed by atoms with E-state index in [1.807, 2.05) is 13.1 Å². The van der Waals surface area contributed by atoms with Crippen molar-refractivity contribution < 1.29 is 0 Å². The second kappa shape index (κ2) is 5.10. The van der Waals surface area contributed by atoms with Crippen LogP contribution in [0.2, 0.25) is 0 Å². The van der Waals surface area contributed by atoms with Gasteiger partial charge in [0.15, 0.2) is 0 Å². The molecule has 1 aromatic rings. The van der Waals surface area contributed by atoms with Crippen molar-refractivity contribution >= 4 is 5.82 Å². The SMILES string of the molecule is CCCc1cnc(C)nc1N1CCC2(CCCC2)C1. The first-order valence-corrected chi connectivity index (χ1v) is 7.80. The third kappa shape index (κ3) is 2.47. The molecule has 1 spiro atoms. The summed E-state index contributed by atoms with van der Waals surface area (Å²) in [5.41, 5.74) is 1.95. The summed E-state index contributed by atoms with van der Waals surface area (Å²) in [7, 11) is 0. The minimum absolute atomic E-state index is 0.613. The van der Waals surface area contributed by atoms with Crippen molar-refractivity contribution in [2.45, 2.75) is 58.8 Å². The van der Waals surface area contributed by atoms with Crippen molar-refractivity contribution in [3.63, 3.8) is 0 Å². The smallest absolute Gasteiger partial charge is 0.135 e. The van der Waals surface area contributed by atoms with E-state index in [9.17, 15) is 0 Å². The summed E-state index contributed by atoms with van der Waals surface area (Å²) in [6.07, 6.45) is 11.4. The van der Waals surface area contributed by atoms with Crippen LogP contribution in [0, 0.1) is 12.3 Å². The van der Waals surface area contributed by atoms with Crippen molar-refractivity contribution in [1.82, 2.24) is 9.97 Å². The molecule has 0 unspecified atom stereocenters. The van der Waals surface area contributed by atoms with Crippen LogP contribution in [0.25, 0.3) is 0 Å². The van der Waals surface area contributed by atoms with Gasteiger partial charge in [-0.15, -0.1) is 0 Å². The van der Waals surface area contributed by atoms with Crippen molar-refractivity contribution in [2.75, 3.05) is 18.0 Å². The third-order valence-electron chi connectivity index (χ3n) is 4.88. The number of aromatic nitrogens is 2. The Hall–Kier alpha value is -1.12. The quantitative estimate of drug-likeness (QED) is 0.832. The zero-order valence-electron chi connectivity index (χ0n) is 12.3. The normalized spacial score (nSPS) is 21.5. The number of anilines is 1. The summed E-state index contributed by atoms with van der Waals surface area (Å²) in [6.45, 7) is 6.64. The van der Waals surface area contributed by atoms with Crippen LogP contribution in [0.1, 0.15) is 56.8 Å². The van der Waals surface area contributed by atoms with E-state index in [0.717, 1.165) is 12.2 Å². The van der Waals surface area contributed by atoms with Gasteiger partial charge in [0.25, 0.3) is 0 Å². The molecule has 1 aliphatic carbocycles. The molecule has 1 aromatic heterocycles. The second-order valence-corrected chi connectivity index (χ2v) is 6.39. The largest absolute Gasteiger partial charge is 0.356 e. The van der Waals surface area contributed by atoms with E-state index in [0.29, 0.717) is 5.41 Å². The van der Waals surface area contributed by atoms with E-state index in [2.05, 4.69) is 16.8 Å². The maximum Gasteiger partial charge on any atom is 0.135 e. The second-order valence-electron chi connectivity index (χ2n) is 6.39.